The zero-order valence-electron chi connectivity index (χ0n) is 15.9. The number of nitrogens with zero attached hydrogens (tertiary/aromatic N) is 1. The number of hydrogen-bond donors (Lipinski definition) is 2. The number of carbonyl (C=O) groups is 2. The lowest BCUT2D eigenvalue weighted by Crippen LogP contribution is -2.20. The Hall–Kier alpha value is -3.80. The summed E-state index contributed by atoms with van der Waals surface area (Å²) in [7, 11) is 1.62. The second kappa shape index (κ2) is 5.38. The Bertz CT molecular complexity index is 1540. The first-order valence-electron chi connectivity index (χ1n) is 9.55. The number of carbonyl (C=O) groups excluding carboxylic acids is 2. The van der Waals surface area contributed by atoms with E-state index in [1.54, 1.807) is 7.11 Å². The van der Waals surface area contributed by atoms with Crippen LogP contribution in [-0.4, -0.2) is 28.5 Å². The molecule has 5 aromatic rings. The van der Waals surface area contributed by atoms with E-state index < -0.39 is 0 Å². The molecule has 0 bridgehead atoms. The summed E-state index contributed by atoms with van der Waals surface area (Å²) in [6.45, 7) is 2.84. The summed E-state index contributed by atoms with van der Waals surface area (Å²) in [6, 6.07) is 11.9. The van der Waals surface area contributed by atoms with Gasteiger partial charge in [-0.05, 0) is 25.1 Å². The molecule has 0 unspecified atom stereocenters. The number of aromatic amines is 1. The molecule has 1 aliphatic rings. The minimum atomic E-state index is -0.347. The van der Waals surface area contributed by atoms with Crippen LogP contribution in [0.2, 0.25) is 0 Å². The van der Waals surface area contributed by atoms with Gasteiger partial charge in [-0.2, -0.15) is 0 Å². The van der Waals surface area contributed by atoms with Gasteiger partial charge in [0.2, 0.25) is 0 Å². The maximum absolute atomic E-state index is 12.9. The first-order valence-corrected chi connectivity index (χ1v) is 9.55. The molecule has 0 saturated heterocycles. The molecule has 2 amide bonds. The Morgan fingerprint density at radius 2 is 1.72 bits per heavy atom. The normalized spacial score (nSPS) is 13.7. The van der Waals surface area contributed by atoms with Crippen molar-refractivity contribution in [1.29, 1.82) is 0 Å². The molecular weight excluding hydrogens is 366 g/mol. The van der Waals surface area contributed by atoms with Crippen molar-refractivity contribution in [2.24, 2.45) is 0 Å². The van der Waals surface area contributed by atoms with Crippen LogP contribution in [0, 0.1) is 0 Å². The van der Waals surface area contributed by atoms with Gasteiger partial charge in [0.25, 0.3) is 11.8 Å². The number of hydrogen-bond acceptors (Lipinski definition) is 3. The summed E-state index contributed by atoms with van der Waals surface area (Å²) in [5.74, 6) is 0.0455. The highest BCUT2D eigenvalue weighted by Crippen LogP contribution is 2.42. The maximum Gasteiger partial charge on any atom is 0.259 e. The average molecular weight is 383 g/mol. The van der Waals surface area contributed by atoms with Crippen molar-refractivity contribution < 1.29 is 14.3 Å². The smallest absolute Gasteiger partial charge is 0.259 e. The molecule has 1 aliphatic heterocycles. The fourth-order valence-electron chi connectivity index (χ4n) is 4.72. The van der Waals surface area contributed by atoms with E-state index >= 15 is 0 Å². The van der Waals surface area contributed by atoms with Gasteiger partial charge in [-0.25, -0.2) is 0 Å². The van der Waals surface area contributed by atoms with Crippen LogP contribution in [0.1, 0.15) is 27.6 Å². The monoisotopic (exact) mass is 383 g/mol. The van der Waals surface area contributed by atoms with Gasteiger partial charge in [0.1, 0.15) is 5.75 Å². The largest absolute Gasteiger partial charge is 0.497 e. The number of rotatable bonds is 2. The van der Waals surface area contributed by atoms with E-state index in [1.807, 2.05) is 36.5 Å². The average Bonchev–Trinajstić information content (AvgIpc) is 3.40. The Morgan fingerprint density at radius 3 is 2.48 bits per heavy atom. The molecule has 3 aromatic carbocycles. The number of benzene rings is 3. The lowest BCUT2D eigenvalue weighted by atomic mass is 9.93. The first-order chi connectivity index (χ1) is 14.1. The third-order valence-corrected chi connectivity index (χ3v) is 5.98. The number of methoxy groups -OCH3 is 1. The first kappa shape index (κ1) is 16.2. The van der Waals surface area contributed by atoms with Crippen molar-refractivity contribution in [2.75, 3.05) is 7.11 Å². The Kier molecular flexibility index (Phi) is 3.00. The second-order valence-electron chi connectivity index (χ2n) is 7.35. The second-order valence-corrected chi connectivity index (χ2v) is 7.35. The van der Waals surface area contributed by atoms with Gasteiger partial charge < -0.3 is 14.3 Å². The fraction of sp³-hybridized carbons (Fsp3) is 0.130. The summed E-state index contributed by atoms with van der Waals surface area (Å²) < 4.78 is 7.47. The molecule has 142 valence electrons. The number of H-pyrrole nitrogens is 1. The van der Waals surface area contributed by atoms with Gasteiger partial charge >= 0.3 is 0 Å². The van der Waals surface area contributed by atoms with Crippen LogP contribution in [0.3, 0.4) is 0 Å². The number of imide groups is 1. The van der Waals surface area contributed by atoms with E-state index in [0.717, 1.165) is 55.8 Å². The van der Waals surface area contributed by atoms with Gasteiger partial charge in [0.15, 0.2) is 0 Å². The van der Waals surface area contributed by atoms with Gasteiger partial charge in [-0.1, -0.05) is 12.1 Å². The van der Waals surface area contributed by atoms with Crippen molar-refractivity contribution in [3.8, 4) is 5.75 Å². The molecule has 0 aliphatic carbocycles. The molecule has 3 heterocycles. The van der Waals surface area contributed by atoms with E-state index in [9.17, 15) is 9.59 Å². The van der Waals surface area contributed by atoms with Crippen LogP contribution < -0.4 is 10.1 Å². The summed E-state index contributed by atoms with van der Waals surface area (Å²) >= 11 is 0. The van der Waals surface area contributed by atoms with Crippen LogP contribution >= 0.6 is 0 Å². The molecule has 0 atom stereocenters. The molecule has 2 aromatic heterocycles. The quantitative estimate of drug-likeness (QED) is 0.445. The third-order valence-electron chi connectivity index (χ3n) is 5.98. The fourth-order valence-corrected chi connectivity index (χ4v) is 4.72. The zero-order chi connectivity index (χ0) is 19.9. The lowest BCUT2D eigenvalue weighted by molar-refractivity contribution is 0.0880. The van der Waals surface area contributed by atoms with Crippen LogP contribution in [-0.2, 0) is 6.54 Å². The topological polar surface area (TPSA) is 76.1 Å². The molecule has 6 nitrogen and oxygen atoms in total. The van der Waals surface area contributed by atoms with Crippen molar-refractivity contribution >= 4 is 55.3 Å². The van der Waals surface area contributed by atoms with Crippen LogP contribution in [0.5, 0.6) is 5.75 Å². The van der Waals surface area contributed by atoms with Crippen LogP contribution in [0.15, 0.2) is 42.6 Å². The predicted octanol–water partition coefficient (Wildman–Crippen LogP) is 4.34. The third kappa shape index (κ3) is 1.90. The molecule has 0 saturated carbocycles. The van der Waals surface area contributed by atoms with E-state index in [0.29, 0.717) is 11.1 Å². The maximum atomic E-state index is 12.9. The van der Waals surface area contributed by atoms with Gasteiger partial charge in [-0.15, -0.1) is 0 Å². The molecule has 6 rings (SSSR count). The molecule has 0 radical (unpaired) electrons. The number of aryl methyl sites for hydroxylation is 1. The van der Waals surface area contributed by atoms with Gasteiger partial charge in [0, 0.05) is 45.7 Å². The predicted molar refractivity (Wildman–Crippen MR) is 113 cm³/mol. The number of aromatic nitrogens is 2. The van der Waals surface area contributed by atoms with E-state index in [-0.39, 0.29) is 11.8 Å². The number of ether oxygens (including phenoxy) is 1. The Morgan fingerprint density at radius 1 is 0.966 bits per heavy atom. The highest BCUT2D eigenvalue weighted by Gasteiger charge is 2.34. The number of nitrogens with one attached hydrogen (secondary N) is 2. The number of amides is 2. The van der Waals surface area contributed by atoms with Crippen molar-refractivity contribution in [2.45, 2.75) is 13.5 Å². The van der Waals surface area contributed by atoms with Crippen molar-refractivity contribution in [1.82, 2.24) is 14.9 Å². The zero-order valence-corrected chi connectivity index (χ0v) is 15.9. The van der Waals surface area contributed by atoms with Crippen molar-refractivity contribution in [3.05, 3.63) is 53.7 Å². The Labute approximate surface area is 165 Å². The van der Waals surface area contributed by atoms with Crippen molar-refractivity contribution in [3.63, 3.8) is 0 Å². The SMILES string of the molecule is CCn1ccc2ccc3c4[nH]c5cc(OC)ccc5c4c4c(c3c21)C(=O)NC4=O. The van der Waals surface area contributed by atoms with E-state index in [1.165, 1.54) is 0 Å². The summed E-state index contributed by atoms with van der Waals surface area (Å²) in [4.78, 5) is 29.2. The van der Waals surface area contributed by atoms with Crippen LogP contribution in [0.4, 0.5) is 0 Å². The van der Waals surface area contributed by atoms with E-state index in [2.05, 4.69) is 27.9 Å². The molecule has 2 N–H and O–H groups in total. The summed E-state index contributed by atoms with van der Waals surface area (Å²) in [5, 5.41) is 6.99. The molecular formula is C23H17N3O3. The molecule has 6 heteroatoms. The number of fused-ring (bicyclic) bond motifs is 10. The minimum absolute atomic E-state index is 0.337. The summed E-state index contributed by atoms with van der Waals surface area (Å²) in [6.07, 6.45) is 2.02. The molecule has 0 fully saturated rings. The van der Waals surface area contributed by atoms with Gasteiger partial charge in [-0.3, -0.25) is 14.9 Å². The highest BCUT2D eigenvalue weighted by atomic mass is 16.5. The highest BCUT2D eigenvalue weighted by molar-refractivity contribution is 6.39. The Balaban J connectivity index is 1.94. The molecule has 0 spiro atoms. The molecule has 29 heavy (non-hydrogen) atoms. The van der Waals surface area contributed by atoms with Crippen LogP contribution in [0.25, 0.3) is 43.5 Å². The summed E-state index contributed by atoms with van der Waals surface area (Å²) in [5.41, 5.74) is 3.62. The lowest BCUT2D eigenvalue weighted by Gasteiger charge is -2.10. The van der Waals surface area contributed by atoms with E-state index in [4.69, 9.17) is 4.74 Å². The standard InChI is InChI=1S/C23H17N3O3/c1-3-26-9-8-11-4-6-14-17(21(11)26)19-18(22(27)25-23(19)28)16-13-7-5-12(29-2)10-15(13)24-20(14)16/h4-10,24H,3H2,1-2H3,(H,25,27,28). The van der Waals surface area contributed by atoms with Gasteiger partial charge in [0.05, 0.1) is 34.8 Å². The minimum Gasteiger partial charge on any atom is -0.497 e.